The van der Waals surface area contributed by atoms with Gasteiger partial charge in [-0.2, -0.15) is 0 Å². The lowest BCUT2D eigenvalue weighted by Gasteiger charge is -1.94. The molecule has 0 aliphatic heterocycles. The SMILES string of the molecule is CNC(C)O.Cc1ccccc1. The number of benzene rings is 1. The molecule has 0 saturated carbocycles. The highest BCUT2D eigenvalue weighted by Crippen LogP contribution is 1.92. The number of aliphatic hydroxyl groups excluding tert-OH is 1. The van der Waals surface area contributed by atoms with E-state index in [9.17, 15) is 0 Å². The first-order valence-corrected chi connectivity index (χ1v) is 4.03. The number of nitrogens with one attached hydrogen (secondary N) is 1. The van der Waals surface area contributed by atoms with Gasteiger partial charge in [-0.3, -0.25) is 5.32 Å². The van der Waals surface area contributed by atoms with E-state index in [4.69, 9.17) is 5.11 Å². The van der Waals surface area contributed by atoms with Crippen LogP contribution in [0.4, 0.5) is 0 Å². The van der Waals surface area contributed by atoms with Crippen LogP contribution in [-0.2, 0) is 0 Å². The topological polar surface area (TPSA) is 32.3 Å². The van der Waals surface area contributed by atoms with Crippen LogP contribution in [0.2, 0.25) is 0 Å². The lowest BCUT2D eigenvalue weighted by Crippen LogP contribution is -2.19. The van der Waals surface area contributed by atoms with Crippen LogP contribution in [0.5, 0.6) is 0 Å². The number of aliphatic hydroxyl groups is 1. The van der Waals surface area contributed by atoms with Crippen LogP contribution in [-0.4, -0.2) is 18.4 Å². The lowest BCUT2D eigenvalue weighted by atomic mass is 10.2. The summed E-state index contributed by atoms with van der Waals surface area (Å²) < 4.78 is 0. The summed E-state index contributed by atoms with van der Waals surface area (Å²) in [6.45, 7) is 3.75. The fraction of sp³-hybridized carbons (Fsp3) is 0.400. The largest absolute Gasteiger partial charge is 0.379 e. The van der Waals surface area contributed by atoms with Gasteiger partial charge in [0.25, 0.3) is 0 Å². The van der Waals surface area contributed by atoms with E-state index in [1.165, 1.54) is 5.56 Å². The van der Waals surface area contributed by atoms with E-state index < -0.39 is 0 Å². The molecule has 1 rings (SSSR count). The van der Waals surface area contributed by atoms with Crippen molar-refractivity contribution < 1.29 is 5.11 Å². The minimum absolute atomic E-state index is 0.366. The van der Waals surface area contributed by atoms with Gasteiger partial charge in [-0.25, -0.2) is 0 Å². The van der Waals surface area contributed by atoms with Crippen LogP contribution in [0, 0.1) is 6.92 Å². The van der Waals surface area contributed by atoms with E-state index in [0.717, 1.165) is 0 Å². The Morgan fingerprint density at radius 1 is 1.25 bits per heavy atom. The van der Waals surface area contributed by atoms with E-state index in [0.29, 0.717) is 0 Å². The van der Waals surface area contributed by atoms with Crippen molar-refractivity contribution >= 4 is 0 Å². The minimum atomic E-state index is -0.366. The standard InChI is InChI=1S/C7H8.C3H9NO/c1-7-5-3-2-4-6-7;1-3(5)4-2/h2-6H,1H3;3-5H,1-2H3. The second-order valence-corrected chi connectivity index (χ2v) is 2.62. The summed E-state index contributed by atoms with van der Waals surface area (Å²) in [6, 6.07) is 10.3. The molecule has 12 heavy (non-hydrogen) atoms. The van der Waals surface area contributed by atoms with Gasteiger partial charge >= 0.3 is 0 Å². The lowest BCUT2D eigenvalue weighted by molar-refractivity contribution is 0.167. The van der Waals surface area contributed by atoms with Crippen molar-refractivity contribution in [1.82, 2.24) is 5.32 Å². The van der Waals surface area contributed by atoms with Crippen molar-refractivity contribution in [2.24, 2.45) is 0 Å². The van der Waals surface area contributed by atoms with Gasteiger partial charge in [0, 0.05) is 0 Å². The molecule has 1 aromatic carbocycles. The summed E-state index contributed by atoms with van der Waals surface area (Å²) in [5, 5.41) is 10.8. The van der Waals surface area contributed by atoms with Gasteiger partial charge in [-0.1, -0.05) is 35.9 Å². The highest BCUT2D eigenvalue weighted by Gasteiger charge is 1.78. The van der Waals surface area contributed by atoms with E-state index in [-0.39, 0.29) is 6.23 Å². The van der Waals surface area contributed by atoms with Gasteiger partial charge in [0.2, 0.25) is 0 Å². The molecule has 0 aliphatic carbocycles. The molecule has 0 radical (unpaired) electrons. The maximum Gasteiger partial charge on any atom is 0.101 e. The minimum Gasteiger partial charge on any atom is -0.379 e. The molecule has 0 heterocycles. The highest BCUT2D eigenvalue weighted by molar-refractivity contribution is 5.11. The molecule has 2 nitrogen and oxygen atoms in total. The van der Waals surface area contributed by atoms with Crippen molar-refractivity contribution in [3.8, 4) is 0 Å². The summed E-state index contributed by atoms with van der Waals surface area (Å²) in [4.78, 5) is 0. The zero-order valence-electron chi connectivity index (χ0n) is 7.91. The van der Waals surface area contributed by atoms with E-state index >= 15 is 0 Å². The molecule has 0 amide bonds. The van der Waals surface area contributed by atoms with Crippen LogP contribution >= 0.6 is 0 Å². The third-order valence-electron chi connectivity index (χ3n) is 1.36. The molecule has 0 spiro atoms. The van der Waals surface area contributed by atoms with Gasteiger partial charge in [0.1, 0.15) is 6.23 Å². The number of aryl methyl sites for hydroxylation is 1. The van der Waals surface area contributed by atoms with Gasteiger partial charge in [0.15, 0.2) is 0 Å². The van der Waals surface area contributed by atoms with Crippen molar-refractivity contribution in [2.45, 2.75) is 20.1 Å². The number of hydrogen-bond acceptors (Lipinski definition) is 2. The maximum atomic E-state index is 8.25. The smallest absolute Gasteiger partial charge is 0.101 e. The molecule has 0 bridgehead atoms. The second kappa shape index (κ2) is 6.83. The van der Waals surface area contributed by atoms with Gasteiger partial charge in [-0.15, -0.1) is 0 Å². The summed E-state index contributed by atoms with van der Waals surface area (Å²) in [7, 11) is 1.70. The first-order valence-electron chi connectivity index (χ1n) is 4.03. The van der Waals surface area contributed by atoms with Crippen LogP contribution in [0.3, 0.4) is 0 Å². The molecule has 68 valence electrons. The maximum absolute atomic E-state index is 8.25. The average Bonchev–Trinajstić information content (AvgIpc) is 2.07. The molecular weight excluding hydrogens is 150 g/mol. The first-order chi connectivity index (χ1) is 5.66. The summed E-state index contributed by atoms with van der Waals surface area (Å²) in [6.07, 6.45) is -0.366. The Bertz CT molecular complexity index is 184. The molecule has 1 atom stereocenters. The zero-order valence-corrected chi connectivity index (χ0v) is 7.91. The Morgan fingerprint density at radius 3 is 1.83 bits per heavy atom. The van der Waals surface area contributed by atoms with Crippen molar-refractivity contribution in [3.63, 3.8) is 0 Å². The second-order valence-electron chi connectivity index (χ2n) is 2.62. The first kappa shape index (κ1) is 11.1. The predicted molar refractivity (Wildman–Crippen MR) is 51.9 cm³/mol. The normalized spacial score (nSPS) is 11.3. The summed E-state index contributed by atoms with van der Waals surface area (Å²) in [5.41, 5.74) is 1.32. The Kier molecular flexibility index (Phi) is 6.34. The molecule has 2 heteroatoms. The molecule has 0 saturated heterocycles. The van der Waals surface area contributed by atoms with Crippen LogP contribution in [0.15, 0.2) is 30.3 Å². The number of rotatable bonds is 1. The van der Waals surface area contributed by atoms with Crippen LogP contribution in [0.25, 0.3) is 0 Å². The van der Waals surface area contributed by atoms with Gasteiger partial charge < -0.3 is 5.11 Å². The molecule has 1 aromatic rings. The van der Waals surface area contributed by atoms with E-state index in [1.807, 2.05) is 18.2 Å². The number of hydrogen-bond donors (Lipinski definition) is 2. The van der Waals surface area contributed by atoms with E-state index in [2.05, 4.69) is 24.4 Å². The Hall–Kier alpha value is -0.860. The monoisotopic (exact) mass is 167 g/mol. The van der Waals surface area contributed by atoms with Crippen molar-refractivity contribution in [3.05, 3.63) is 35.9 Å². The Morgan fingerprint density at radius 2 is 1.67 bits per heavy atom. The molecule has 1 unspecified atom stereocenters. The van der Waals surface area contributed by atoms with Crippen LogP contribution in [0.1, 0.15) is 12.5 Å². The molecule has 0 aromatic heterocycles. The predicted octanol–water partition coefficient (Wildman–Crippen LogP) is 1.54. The molecule has 0 fully saturated rings. The van der Waals surface area contributed by atoms with Crippen molar-refractivity contribution in [2.75, 3.05) is 7.05 Å². The third kappa shape index (κ3) is 7.25. The fourth-order valence-corrected chi connectivity index (χ4v) is 0.534. The molecule has 2 N–H and O–H groups in total. The Balaban J connectivity index is 0.000000217. The molecule has 0 aliphatic rings. The van der Waals surface area contributed by atoms with E-state index in [1.54, 1.807) is 14.0 Å². The average molecular weight is 167 g/mol. The summed E-state index contributed by atoms with van der Waals surface area (Å²) >= 11 is 0. The fourth-order valence-electron chi connectivity index (χ4n) is 0.534. The summed E-state index contributed by atoms with van der Waals surface area (Å²) in [5.74, 6) is 0. The van der Waals surface area contributed by atoms with Crippen molar-refractivity contribution in [1.29, 1.82) is 0 Å². The van der Waals surface area contributed by atoms with Crippen LogP contribution < -0.4 is 5.32 Å². The van der Waals surface area contributed by atoms with Gasteiger partial charge in [-0.05, 0) is 20.9 Å². The van der Waals surface area contributed by atoms with Gasteiger partial charge in [0.05, 0.1) is 0 Å². The Labute approximate surface area is 74.2 Å². The third-order valence-corrected chi connectivity index (χ3v) is 1.36. The molecular formula is C10H17NO. The quantitative estimate of drug-likeness (QED) is 0.622. The highest BCUT2D eigenvalue weighted by atomic mass is 16.3. The zero-order chi connectivity index (χ0) is 9.40.